The van der Waals surface area contributed by atoms with Gasteiger partial charge in [0.2, 0.25) is 0 Å². The van der Waals surface area contributed by atoms with Gasteiger partial charge in [-0.25, -0.2) is 9.78 Å². The van der Waals surface area contributed by atoms with Crippen LogP contribution in [-0.2, 0) is 9.53 Å². The van der Waals surface area contributed by atoms with E-state index in [4.69, 9.17) is 21.6 Å². The van der Waals surface area contributed by atoms with Gasteiger partial charge in [-0.2, -0.15) is 5.26 Å². The average molecular weight is 392 g/mol. The van der Waals surface area contributed by atoms with Gasteiger partial charge in [0.25, 0.3) is 5.91 Å². The van der Waals surface area contributed by atoms with Crippen LogP contribution in [0.5, 0.6) is 0 Å². The number of carbonyl (C=O) groups is 2. The number of rotatable bonds is 6. The van der Waals surface area contributed by atoms with Gasteiger partial charge >= 0.3 is 5.97 Å². The maximum absolute atomic E-state index is 12.4. The van der Waals surface area contributed by atoms with Gasteiger partial charge in [0.15, 0.2) is 6.10 Å². The van der Waals surface area contributed by atoms with Crippen molar-refractivity contribution >= 4 is 34.8 Å². The standard InChI is InChI=1S/C18H18ClN3O3S/c1-11-15(26-16(21-11)13-6-4-7-14(19)10-13)18(24)25-12(2)17(23)22(3)9-5-8-20/h4,6-7,10,12H,5,9H2,1-3H3/t12-/m0/s1. The first kappa shape index (κ1) is 19.9. The molecule has 0 aliphatic carbocycles. The molecule has 8 heteroatoms. The summed E-state index contributed by atoms with van der Waals surface area (Å²) >= 11 is 7.19. The van der Waals surface area contributed by atoms with Crippen molar-refractivity contribution in [2.24, 2.45) is 0 Å². The zero-order chi connectivity index (χ0) is 19.3. The molecule has 1 amide bonds. The molecule has 26 heavy (non-hydrogen) atoms. The van der Waals surface area contributed by atoms with E-state index < -0.39 is 12.1 Å². The molecule has 0 aliphatic heterocycles. The van der Waals surface area contributed by atoms with E-state index in [0.29, 0.717) is 20.6 Å². The summed E-state index contributed by atoms with van der Waals surface area (Å²) in [7, 11) is 1.57. The van der Waals surface area contributed by atoms with E-state index in [0.717, 1.165) is 5.56 Å². The fraction of sp³-hybridized carbons (Fsp3) is 0.333. The molecule has 1 aromatic carbocycles. The van der Waals surface area contributed by atoms with E-state index in [2.05, 4.69) is 4.98 Å². The largest absolute Gasteiger partial charge is 0.448 e. The summed E-state index contributed by atoms with van der Waals surface area (Å²) < 4.78 is 5.28. The Kier molecular flexibility index (Phi) is 6.72. The number of aryl methyl sites for hydroxylation is 1. The number of hydrogen-bond acceptors (Lipinski definition) is 6. The van der Waals surface area contributed by atoms with Crippen molar-refractivity contribution in [2.75, 3.05) is 13.6 Å². The van der Waals surface area contributed by atoms with E-state index in [1.807, 2.05) is 18.2 Å². The van der Waals surface area contributed by atoms with Gasteiger partial charge in [0, 0.05) is 24.2 Å². The van der Waals surface area contributed by atoms with E-state index in [1.54, 1.807) is 26.1 Å². The number of ether oxygens (including phenoxy) is 1. The lowest BCUT2D eigenvalue weighted by Crippen LogP contribution is -2.37. The van der Waals surface area contributed by atoms with Crippen molar-refractivity contribution in [3.63, 3.8) is 0 Å². The van der Waals surface area contributed by atoms with E-state index in [-0.39, 0.29) is 18.9 Å². The van der Waals surface area contributed by atoms with E-state index >= 15 is 0 Å². The molecule has 6 nitrogen and oxygen atoms in total. The molecule has 1 aromatic heterocycles. The Bertz CT molecular complexity index is 860. The molecule has 0 unspecified atom stereocenters. The number of halogens is 1. The lowest BCUT2D eigenvalue weighted by Gasteiger charge is -2.20. The van der Waals surface area contributed by atoms with Crippen LogP contribution in [0.15, 0.2) is 24.3 Å². The van der Waals surface area contributed by atoms with Crippen LogP contribution in [0.2, 0.25) is 5.02 Å². The van der Waals surface area contributed by atoms with Crippen LogP contribution >= 0.6 is 22.9 Å². The van der Waals surface area contributed by atoms with Gasteiger partial charge in [-0.05, 0) is 26.0 Å². The molecule has 0 saturated heterocycles. The van der Waals surface area contributed by atoms with Crippen molar-refractivity contribution < 1.29 is 14.3 Å². The highest BCUT2D eigenvalue weighted by molar-refractivity contribution is 7.17. The minimum atomic E-state index is -0.942. The summed E-state index contributed by atoms with van der Waals surface area (Å²) in [4.78, 5) is 30.7. The summed E-state index contributed by atoms with van der Waals surface area (Å²) in [6.45, 7) is 3.51. The van der Waals surface area contributed by atoms with Crippen LogP contribution in [0.25, 0.3) is 10.6 Å². The number of aromatic nitrogens is 1. The molecule has 1 heterocycles. The summed E-state index contributed by atoms with van der Waals surface area (Å²) in [5.74, 6) is -0.950. The Morgan fingerprint density at radius 1 is 1.46 bits per heavy atom. The van der Waals surface area contributed by atoms with Crippen molar-refractivity contribution in [3.8, 4) is 16.6 Å². The molecule has 0 saturated carbocycles. The number of nitrogens with zero attached hydrogens (tertiary/aromatic N) is 3. The van der Waals surface area contributed by atoms with E-state index in [1.165, 1.54) is 23.2 Å². The van der Waals surface area contributed by atoms with Crippen LogP contribution in [0, 0.1) is 18.3 Å². The first-order valence-corrected chi connectivity index (χ1v) is 9.09. The third kappa shape index (κ3) is 4.81. The first-order valence-electron chi connectivity index (χ1n) is 7.89. The molecule has 0 fully saturated rings. The number of carbonyl (C=O) groups excluding carboxylic acids is 2. The summed E-state index contributed by atoms with van der Waals surface area (Å²) in [5, 5.41) is 9.82. The molecule has 0 radical (unpaired) electrons. The Balaban J connectivity index is 2.10. The second-order valence-electron chi connectivity index (χ2n) is 5.66. The smallest absolute Gasteiger partial charge is 0.351 e. The molecule has 0 N–H and O–H groups in total. The molecule has 0 aliphatic rings. The zero-order valence-electron chi connectivity index (χ0n) is 14.7. The second-order valence-corrected chi connectivity index (χ2v) is 7.09. The van der Waals surface area contributed by atoms with Gasteiger partial charge in [-0.3, -0.25) is 4.79 Å². The monoisotopic (exact) mass is 391 g/mol. The Labute approximate surface area is 161 Å². The Morgan fingerprint density at radius 2 is 2.19 bits per heavy atom. The normalized spacial score (nSPS) is 11.5. The third-order valence-corrected chi connectivity index (χ3v) is 5.04. The summed E-state index contributed by atoms with van der Waals surface area (Å²) in [6, 6.07) is 9.17. The number of esters is 1. The highest BCUT2D eigenvalue weighted by atomic mass is 35.5. The molecule has 2 rings (SSSR count). The second kappa shape index (κ2) is 8.79. The fourth-order valence-electron chi connectivity index (χ4n) is 2.23. The minimum absolute atomic E-state index is 0.222. The number of amides is 1. The molecule has 2 aromatic rings. The molecule has 0 spiro atoms. The van der Waals surface area contributed by atoms with Crippen molar-refractivity contribution in [1.82, 2.24) is 9.88 Å². The highest BCUT2D eigenvalue weighted by Crippen LogP contribution is 2.30. The van der Waals surface area contributed by atoms with Crippen LogP contribution in [0.1, 0.15) is 28.7 Å². The SMILES string of the molecule is Cc1nc(-c2cccc(Cl)c2)sc1C(=O)O[C@@H](C)C(=O)N(C)CCC#N. The van der Waals surface area contributed by atoms with Gasteiger partial charge in [-0.15, -0.1) is 11.3 Å². The molecular weight excluding hydrogens is 374 g/mol. The fourth-order valence-corrected chi connectivity index (χ4v) is 3.37. The van der Waals surface area contributed by atoms with Gasteiger partial charge in [0.05, 0.1) is 18.2 Å². The Morgan fingerprint density at radius 3 is 2.85 bits per heavy atom. The number of thiazole rings is 1. The lowest BCUT2D eigenvalue weighted by atomic mass is 10.2. The Hall–Kier alpha value is -2.43. The van der Waals surface area contributed by atoms with Gasteiger partial charge in [0.1, 0.15) is 9.88 Å². The average Bonchev–Trinajstić information content (AvgIpc) is 3.00. The van der Waals surface area contributed by atoms with Crippen molar-refractivity contribution in [2.45, 2.75) is 26.4 Å². The van der Waals surface area contributed by atoms with Crippen molar-refractivity contribution in [3.05, 3.63) is 39.9 Å². The third-order valence-electron chi connectivity index (χ3n) is 3.62. The van der Waals surface area contributed by atoms with Crippen LogP contribution in [-0.4, -0.2) is 41.5 Å². The highest BCUT2D eigenvalue weighted by Gasteiger charge is 2.25. The molecule has 0 bridgehead atoms. The zero-order valence-corrected chi connectivity index (χ0v) is 16.2. The van der Waals surface area contributed by atoms with Gasteiger partial charge < -0.3 is 9.64 Å². The summed E-state index contributed by atoms with van der Waals surface area (Å²) in [6.07, 6.45) is -0.720. The predicted octanol–water partition coefficient (Wildman–Crippen LogP) is 3.69. The number of likely N-dealkylation sites (N-methyl/N-ethyl adjacent to an activating group) is 1. The number of benzene rings is 1. The molecule has 136 valence electrons. The van der Waals surface area contributed by atoms with Crippen LogP contribution < -0.4 is 0 Å². The number of nitriles is 1. The maximum atomic E-state index is 12.4. The summed E-state index contributed by atoms with van der Waals surface area (Å²) in [5.41, 5.74) is 1.34. The quantitative estimate of drug-likeness (QED) is 0.701. The van der Waals surface area contributed by atoms with E-state index in [9.17, 15) is 9.59 Å². The first-order chi connectivity index (χ1) is 12.3. The van der Waals surface area contributed by atoms with Crippen LogP contribution in [0.3, 0.4) is 0 Å². The molecule has 1 atom stereocenters. The lowest BCUT2D eigenvalue weighted by molar-refractivity contribution is -0.138. The molecular formula is C18H18ClN3O3S. The minimum Gasteiger partial charge on any atom is -0.448 e. The van der Waals surface area contributed by atoms with Crippen LogP contribution in [0.4, 0.5) is 0 Å². The maximum Gasteiger partial charge on any atom is 0.351 e. The van der Waals surface area contributed by atoms with Crippen molar-refractivity contribution in [1.29, 1.82) is 5.26 Å². The predicted molar refractivity (Wildman–Crippen MR) is 100 cm³/mol. The topological polar surface area (TPSA) is 83.3 Å². The number of hydrogen-bond donors (Lipinski definition) is 0. The van der Waals surface area contributed by atoms with Gasteiger partial charge in [-0.1, -0.05) is 23.7 Å².